The maximum absolute atomic E-state index is 14.1. The number of alkyl carbamates (subject to hydrolysis) is 1. The van der Waals surface area contributed by atoms with Crippen molar-refractivity contribution in [1.82, 2.24) is 10.2 Å². The molecule has 3 rings (SSSR count). The Labute approximate surface area is 414 Å². The summed E-state index contributed by atoms with van der Waals surface area (Å²) in [6.07, 6.45) is 13.1. The molecular formula is C54H102N2O8Si3. The number of fused-ring (bicyclic) bond motifs is 2. The van der Waals surface area contributed by atoms with Crippen LogP contribution in [0.3, 0.4) is 0 Å². The third kappa shape index (κ3) is 17.1. The zero-order valence-corrected chi connectivity index (χ0v) is 48.8. The first-order valence-electron chi connectivity index (χ1n) is 27.6. The largest absolute Gasteiger partial charge is 0.543 e. The summed E-state index contributed by atoms with van der Waals surface area (Å²) in [5.74, 6) is 0.802. The highest BCUT2D eigenvalue weighted by Crippen LogP contribution is 2.39. The Bertz CT molecular complexity index is 1550. The highest BCUT2D eigenvalue weighted by Gasteiger charge is 2.42. The predicted octanol–water partition coefficient (Wildman–Crippen LogP) is 14.5. The van der Waals surface area contributed by atoms with Crippen molar-refractivity contribution in [2.75, 3.05) is 26.2 Å². The molecule has 3 aliphatic rings. The number of carbonyl (C=O) groups is 2. The first-order chi connectivity index (χ1) is 31.9. The lowest BCUT2D eigenvalue weighted by Gasteiger charge is -2.42. The molecule has 0 saturated carbocycles. The Morgan fingerprint density at radius 2 is 1.42 bits per heavy atom. The molecule has 0 aliphatic carbocycles. The Morgan fingerprint density at radius 1 is 0.821 bits per heavy atom. The number of hydrogen-bond acceptors (Lipinski definition) is 9. The quantitative estimate of drug-likeness (QED) is 0.0839. The summed E-state index contributed by atoms with van der Waals surface area (Å²) < 4.78 is 43.3. The SMILES string of the molecule is CCC(O[Si](CC)(CC)CC)C(C)C1CCC(C)(O[Si](CC)(CC)CC)C=CC(O[Si](CC)(CC)CC)=C(C)C2OC(=O)CCCCC(C)C(OC(=O)NCCN3CCCCC3)C(=CC2C)O1. The van der Waals surface area contributed by atoms with E-state index in [1.807, 2.05) is 0 Å². The van der Waals surface area contributed by atoms with Crippen LogP contribution in [0.15, 0.2) is 35.3 Å². The molecule has 0 spiro atoms. The lowest BCUT2D eigenvalue weighted by atomic mass is 9.88. The van der Waals surface area contributed by atoms with E-state index in [-0.39, 0.29) is 35.9 Å². The summed E-state index contributed by atoms with van der Waals surface area (Å²) in [4.78, 5) is 30.4. The third-order valence-electron chi connectivity index (χ3n) is 16.8. The molecular weight excluding hydrogens is 889 g/mol. The van der Waals surface area contributed by atoms with Crippen LogP contribution in [0.2, 0.25) is 54.4 Å². The van der Waals surface area contributed by atoms with Gasteiger partial charge in [0, 0.05) is 42.8 Å². The van der Waals surface area contributed by atoms with Crippen LogP contribution in [0.1, 0.15) is 168 Å². The Morgan fingerprint density at radius 3 is 1.99 bits per heavy atom. The summed E-state index contributed by atoms with van der Waals surface area (Å²) in [5.41, 5.74) is 0.237. The van der Waals surface area contributed by atoms with E-state index in [1.165, 1.54) is 19.3 Å². The Kier molecular flexibility index (Phi) is 25.5. The number of amides is 1. The van der Waals surface area contributed by atoms with Gasteiger partial charge in [0.2, 0.25) is 8.32 Å². The van der Waals surface area contributed by atoms with Crippen molar-refractivity contribution < 1.29 is 37.1 Å². The highest BCUT2D eigenvalue weighted by atomic mass is 28.4. The minimum Gasteiger partial charge on any atom is -0.543 e. The van der Waals surface area contributed by atoms with Crippen LogP contribution in [0, 0.1) is 17.8 Å². The lowest BCUT2D eigenvalue weighted by Crippen LogP contribution is -2.47. The van der Waals surface area contributed by atoms with Crippen molar-refractivity contribution in [3.63, 3.8) is 0 Å². The molecule has 0 radical (unpaired) electrons. The van der Waals surface area contributed by atoms with Crippen molar-refractivity contribution in [2.45, 2.75) is 252 Å². The fourth-order valence-corrected chi connectivity index (χ4v) is 19.7. The van der Waals surface area contributed by atoms with E-state index in [9.17, 15) is 9.59 Å². The molecule has 1 amide bonds. The number of nitrogens with zero attached hydrogens (tertiary/aromatic N) is 1. The zero-order valence-electron chi connectivity index (χ0n) is 45.8. The van der Waals surface area contributed by atoms with Gasteiger partial charge in [-0.25, -0.2) is 4.79 Å². The summed E-state index contributed by atoms with van der Waals surface area (Å²) in [7, 11) is -6.37. The van der Waals surface area contributed by atoms with Crippen LogP contribution in [0.4, 0.5) is 4.79 Å². The summed E-state index contributed by atoms with van der Waals surface area (Å²) in [5, 5.41) is 3.13. The number of carbonyl (C=O) groups excluding carboxylic acids is 2. The molecule has 1 N–H and O–H groups in total. The fourth-order valence-electron chi connectivity index (χ4n) is 11.0. The molecule has 0 aromatic heterocycles. The average molecular weight is 992 g/mol. The van der Waals surface area contributed by atoms with E-state index in [1.54, 1.807) is 0 Å². The van der Waals surface area contributed by atoms with E-state index in [0.717, 1.165) is 105 Å². The number of piperidine rings is 1. The molecule has 0 aromatic rings. The van der Waals surface area contributed by atoms with Gasteiger partial charge >= 0.3 is 12.1 Å². The molecule has 10 nitrogen and oxygen atoms in total. The molecule has 3 aliphatic heterocycles. The third-order valence-corrected chi connectivity index (χ3v) is 30.8. The van der Waals surface area contributed by atoms with Crippen LogP contribution in [0.25, 0.3) is 0 Å². The van der Waals surface area contributed by atoms with Gasteiger partial charge in [-0.05, 0) is 138 Å². The van der Waals surface area contributed by atoms with Crippen LogP contribution in [-0.2, 0) is 32.3 Å². The maximum Gasteiger partial charge on any atom is 0.407 e. The standard InChI is InChI=1S/C54H102N2O8Si3/c1-16-46(62-65(17-2,18-3)19-4)44(13)47-33-35-54(15,64-67(23-8,24-9)25-10)36-34-48(63-66(20-5,21-6)22-7)45(14)51-43(12)41-49(59-47)52(42(11)31-27-28-32-50(57)60-51)61-53(58)55-37-40-56-38-29-26-30-39-56/h34,36,41-44,46-47,51-52H,16-33,35,37-40H2,1-15H3,(H,55,58). The van der Waals surface area contributed by atoms with Crippen molar-refractivity contribution in [2.24, 2.45) is 17.8 Å². The second-order valence-electron chi connectivity index (χ2n) is 21.0. The van der Waals surface area contributed by atoms with Gasteiger partial charge in [-0.1, -0.05) is 109 Å². The number of allylic oxidation sites excluding steroid dienone is 1. The summed E-state index contributed by atoms with van der Waals surface area (Å²) in [6.45, 7) is 37.2. The van der Waals surface area contributed by atoms with Crippen LogP contribution in [0.5, 0.6) is 0 Å². The molecule has 2 bridgehead atoms. The maximum atomic E-state index is 14.1. The first-order valence-corrected chi connectivity index (χ1v) is 35.2. The number of rotatable bonds is 22. The Balaban J connectivity index is 2.39. The van der Waals surface area contributed by atoms with Crippen molar-refractivity contribution in [3.05, 3.63) is 35.3 Å². The van der Waals surface area contributed by atoms with E-state index < -0.39 is 48.9 Å². The fraction of sp³-hybridized carbons (Fsp3) is 0.852. The highest BCUT2D eigenvalue weighted by molar-refractivity contribution is 6.74. The Hall–Kier alpha value is -1.91. The van der Waals surface area contributed by atoms with Crippen molar-refractivity contribution in [1.29, 1.82) is 0 Å². The van der Waals surface area contributed by atoms with Gasteiger partial charge < -0.3 is 37.7 Å². The normalized spacial score (nSPS) is 26.6. The smallest absolute Gasteiger partial charge is 0.407 e. The number of hydrogen-bond donors (Lipinski definition) is 1. The van der Waals surface area contributed by atoms with E-state index in [4.69, 9.17) is 27.5 Å². The topological polar surface area (TPSA) is 105 Å². The van der Waals surface area contributed by atoms with Gasteiger partial charge in [-0.2, -0.15) is 0 Å². The minimum absolute atomic E-state index is 0.00924. The molecule has 388 valence electrons. The van der Waals surface area contributed by atoms with Gasteiger partial charge in [-0.15, -0.1) is 0 Å². The molecule has 13 heteroatoms. The van der Waals surface area contributed by atoms with Gasteiger partial charge in [0.25, 0.3) is 0 Å². The number of ether oxygens (including phenoxy) is 3. The number of nitrogens with one attached hydrogen (secondary N) is 1. The minimum atomic E-state index is -2.22. The second-order valence-corrected chi connectivity index (χ2v) is 35.1. The van der Waals surface area contributed by atoms with Gasteiger partial charge in [-0.3, -0.25) is 4.79 Å². The van der Waals surface area contributed by atoms with E-state index >= 15 is 0 Å². The molecule has 1 fully saturated rings. The number of likely N-dealkylation sites (tertiary alicyclic amines) is 1. The monoisotopic (exact) mass is 991 g/mol. The molecule has 8 unspecified atom stereocenters. The van der Waals surface area contributed by atoms with Crippen molar-refractivity contribution >= 4 is 37.0 Å². The van der Waals surface area contributed by atoms with E-state index in [0.29, 0.717) is 38.0 Å². The van der Waals surface area contributed by atoms with Gasteiger partial charge in [0.1, 0.15) is 23.7 Å². The van der Waals surface area contributed by atoms with Gasteiger partial charge in [0.15, 0.2) is 22.7 Å². The lowest BCUT2D eigenvalue weighted by molar-refractivity contribution is -0.149. The molecule has 0 aromatic carbocycles. The van der Waals surface area contributed by atoms with Crippen molar-refractivity contribution in [3.8, 4) is 0 Å². The molecule has 3 heterocycles. The van der Waals surface area contributed by atoms with Crippen LogP contribution >= 0.6 is 0 Å². The summed E-state index contributed by atoms with van der Waals surface area (Å²) >= 11 is 0. The summed E-state index contributed by atoms with van der Waals surface area (Å²) in [6, 6.07) is 9.22. The van der Waals surface area contributed by atoms with E-state index in [2.05, 4.69) is 132 Å². The second kappa shape index (κ2) is 28.8. The van der Waals surface area contributed by atoms with Crippen LogP contribution in [-0.4, -0.2) is 98.1 Å². The average Bonchev–Trinajstić information content (AvgIpc) is 3.34. The zero-order chi connectivity index (χ0) is 49.8. The first kappa shape index (κ1) is 59.4. The predicted molar refractivity (Wildman–Crippen MR) is 286 cm³/mol. The number of esters is 1. The molecule has 8 atom stereocenters. The molecule has 67 heavy (non-hydrogen) atoms. The molecule has 1 saturated heterocycles. The van der Waals surface area contributed by atoms with Gasteiger partial charge in [0.05, 0.1) is 11.7 Å². The van der Waals surface area contributed by atoms with Crippen LogP contribution < -0.4 is 5.32 Å².